The van der Waals surface area contributed by atoms with Crippen molar-refractivity contribution in [2.45, 2.75) is 31.8 Å². The van der Waals surface area contributed by atoms with Crippen LogP contribution in [0.4, 0.5) is 0 Å². The second kappa shape index (κ2) is 6.38. The van der Waals surface area contributed by atoms with Gasteiger partial charge in [0.2, 0.25) is 0 Å². The number of H-pyrrole nitrogens is 1. The highest BCUT2D eigenvalue weighted by Gasteiger charge is 2.29. The minimum Gasteiger partial charge on any atom is -0.357 e. The average Bonchev–Trinajstić information content (AvgIpc) is 3.00. The lowest BCUT2D eigenvalue weighted by atomic mass is 9.87. The fourth-order valence-electron chi connectivity index (χ4n) is 4.05. The van der Waals surface area contributed by atoms with E-state index >= 15 is 0 Å². The summed E-state index contributed by atoms with van der Waals surface area (Å²) in [4.78, 5) is 18.7. The summed E-state index contributed by atoms with van der Waals surface area (Å²) in [6.07, 6.45) is 1.90. The number of aromatic nitrogens is 1. The summed E-state index contributed by atoms with van der Waals surface area (Å²) < 4.78 is 0. The van der Waals surface area contributed by atoms with Crippen molar-refractivity contribution in [2.75, 3.05) is 14.1 Å². The van der Waals surface area contributed by atoms with Gasteiger partial charge >= 0.3 is 0 Å². The van der Waals surface area contributed by atoms with E-state index in [1.807, 2.05) is 49.4 Å². The number of nitrogens with zero attached hydrogens (tertiary/aromatic N) is 1. The zero-order valence-electron chi connectivity index (χ0n) is 15.5. The molecule has 0 bridgehead atoms. The number of hydrogen-bond acceptors (Lipinski definition) is 3. The molecule has 4 rings (SSSR count). The molecule has 3 aromatic rings. The van der Waals surface area contributed by atoms with Crippen LogP contribution in [-0.4, -0.2) is 35.8 Å². The molecule has 0 aliphatic heterocycles. The van der Waals surface area contributed by atoms with E-state index in [1.165, 1.54) is 5.56 Å². The Balaban J connectivity index is 1.80. The summed E-state index contributed by atoms with van der Waals surface area (Å²) >= 11 is 0. The van der Waals surface area contributed by atoms with E-state index < -0.39 is 0 Å². The third-order valence-corrected chi connectivity index (χ3v) is 5.66. The molecule has 0 saturated heterocycles. The van der Waals surface area contributed by atoms with E-state index in [4.69, 9.17) is 5.73 Å². The van der Waals surface area contributed by atoms with Crippen molar-refractivity contribution in [1.29, 1.82) is 0 Å². The van der Waals surface area contributed by atoms with Crippen molar-refractivity contribution in [2.24, 2.45) is 5.73 Å². The Labute approximate surface area is 154 Å². The van der Waals surface area contributed by atoms with E-state index in [0.29, 0.717) is 6.04 Å². The molecule has 134 valence electrons. The lowest BCUT2D eigenvalue weighted by Gasteiger charge is -2.31. The van der Waals surface area contributed by atoms with Crippen LogP contribution in [0.2, 0.25) is 0 Å². The van der Waals surface area contributed by atoms with E-state index in [0.717, 1.165) is 46.1 Å². The Bertz CT molecular complexity index is 986. The minimum absolute atomic E-state index is 0.00840. The average molecular weight is 347 g/mol. The number of carbonyl (C=O) groups excluding carboxylic acids is 1. The van der Waals surface area contributed by atoms with Gasteiger partial charge in [0.25, 0.3) is 0 Å². The third-order valence-electron chi connectivity index (χ3n) is 5.66. The zero-order chi connectivity index (χ0) is 18.4. The fourth-order valence-corrected chi connectivity index (χ4v) is 4.05. The molecule has 0 radical (unpaired) electrons. The molecule has 2 atom stereocenters. The minimum atomic E-state index is 0.00840. The Morgan fingerprint density at radius 3 is 2.69 bits per heavy atom. The van der Waals surface area contributed by atoms with Gasteiger partial charge < -0.3 is 15.6 Å². The molecule has 1 heterocycles. The normalized spacial score (nSPS) is 19.7. The van der Waals surface area contributed by atoms with Crippen molar-refractivity contribution in [3.8, 4) is 0 Å². The van der Waals surface area contributed by atoms with Crippen LogP contribution in [0.5, 0.6) is 0 Å². The molecule has 4 heteroatoms. The number of rotatable bonds is 3. The topological polar surface area (TPSA) is 62.1 Å². The number of aryl methyl sites for hydroxylation is 1. The smallest absolute Gasteiger partial charge is 0.193 e. The highest BCUT2D eigenvalue weighted by atomic mass is 16.1. The molecule has 1 aliphatic carbocycles. The van der Waals surface area contributed by atoms with Crippen LogP contribution >= 0.6 is 0 Å². The van der Waals surface area contributed by atoms with Gasteiger partial charge in [0.15, 0.2) is 5.78 Å². The number of nitrogens with two attached hydrogens (primary N) is 1. The van der Waals surface area contributed by atoms with Gasteiger partial charge in [-0.1, -0.05) is 24.3 Å². The number of ketones is 1. The van der Waals surface area contributed by atoms with Gasteiger partial charge in [-0.15, -0.1) is 0 Å². The maximum absolute atomic E-state index is 13.0. The second-order valence-corrected chi connectivity index (χ2v) is 7.59. The summed E-state index contributed by atoms with van der Waals surface area (Å²) in [6, 6.07) is 14.1. The van der Waals surface area contributed by atoms with Gasteiger partial charge in [-0.05, 0) is 63.2 Å². The highest BCUT2D eigenvalue weighted by molar-refractivity contribution is 6.11. The van der Waals surface area contributed by atoms with Gasteiger partial charge in [0.05, 0.1) is 0 Å². The first-order chi connectivity index (χ1) is 12.5. The molecule has 1 aromatic heterocycles. The van der Waals surface area contributed by atoms with Gasteiger partial charge in [0.1, 0.15) is 0 Å². The molecule has 0 saturated carbocycles. The highest BCUT2D eigenvalue weighted by Crippen LogP contribution is 2.35. The zero-order valence-corrected chi connectivity index (χ0v) is 15.5. The predicted octanol–water partition coefficient (Wildman–Crippen LogP) is 3.58. The molecular formula is C22H25N3O. The summed E-state index contributed by atoms with van der Waals surface area (Å²) in [6.45, 7) is 1.98. The molecule has 1 aliphatic rings. The Hall–Kier alpha value is -2.43. The SMILES string of the molecule is Cc1ccccc1C(=O)c1ccc2[nH]c3c(c2c1)CC(N(C)C)CC3N. The first-order valence-electron chi connectivity index (χ1n) is 9.12. The summed E-state index contributed by atoms with van der Waals surface area (Å²) in [5.74, 6) is 0.0733. The maximum atomic E-state index is 13.0. The van der Waals surface area contributed by atoms with Crippen LogP contribution in [-0.2, 0) is 6.42 Å². The molecule has 0 amide bonds. The number of nitrogens with one attached hydrogen (secondary N) is 1. The van der Waals surface area contributed by atoms with Crippen molar-refractivity contribution >= 4 is 16.7 Å². The van der Waals surface area contributed by atoms with Gasteiger partial charge in [-0.25, -0.2) is 0 Å². The molecule has 0 spiro atoms. The maximum Gasteiger partial charge on any atom is 0.193 e. The Morgan fingerprint density at radius 2 is 1.96 bits per heavy atom. The number of likely N-dealkylation sites (N-methyl/N-ethyl adjacent to an activating group) is 1. The van der Waals surface area contributed by atoms with Gasteiger partial charge in [-0.2, -0.15) is 0 Å². The molecule has 2 aromatic carbocycles. The molecular weight excluding hydrogens is 322 g/mol. The van der Waals surface area contributed by atoms with Crippen LogP contribution in [0.15, 0.2) is 42.5 Å². The van der Waals surface area contributed by atoms with Crippen LogP contribution in [0.3, 0.4) is 0 Å². The monoisotopic (exact) mass is 347 g/mol. The summed E-state index contributed by atoms with van der Waals surface area (Å²) in [5.41, 5.74) is 12.4. The van der Waals surface area contributed by atoms with Gasteiger partial charge in [0, 0.05) is 39.8 Å². The van der Waals surface area contributed by atoms with Crippen molar-refractivity contribution in [1.82, 2.24) is 9.88 Å². The number of aromatic amines is 1. The summed E-state index contributed by atoms with van der Waals surface area (Å²) in [7, 11) is 4.20. The Morgan fingerprint density at radius 1 is 1.19 bits per heavy atom. The largest absolute Gasteiger partial charge is 0.357 e. The fraction of sp³-hybridized carbons (Fsp3) is 0.318. The van der Waals surface area contributed by atoms with Crippen molar-refractivity contribution in [3.63, 3.8) is 0 Å². The summed E-state index contributed by atoms with van der Waals surface area (Å²) in [5, 5.41) is 1.13. The quantitative estimate of drug-likeness (QED) is 0.712. The number of hydrogen-bond donors (Lipinski definition) is 2. The van der Waals surface area contributed by atoms with Crippen molar-refractivity contribution < 1.29 is 4.79 Å². The van der Waals surface area contributed by atoms with Gasteiger partial charge in [-0.3, -0.25) is 4.79 Å². The predicted molar refractivity (Wildman–Crippen MR) is 106 cm³/mol. The second-order valence-electron chi connectivity index (χ2n) is 7.59. The molecule has 26 heavy (non-hydrogen) atoms. The van der Waals surface area contributed by atoms with Crippen LogP contribution < -0.4 is 5.73 Å². The number of carbonyl (C=O) groups is 1. The van der Waals surface area contributed by atoms with Crippen LogP contribution in [0.1, 0.15) is 45.2 Å². The number of fused-ring (bicyclic) bond motifs is 3. The molecule has 0 fully saturated rings. The number of benzene rings is 2. The standard InChI is InChI=1S/C22H25N3O/c1-13-6-4-5-7-16(13)22(26)14-8-9-20-17(10-14)18-11-15(25(2)3)12-19(23)21(18)24-20/h4-10,15,19,24H,11-12,23H2,1-3H3. The van der Waals surface area contributed by atoms with E-state index in [2.05, 4.69) is 24.0 Å². The molecule has 3 N–H and O–H groups in total. The van der Waals surface area contributed by atoms with E-state index in [1.54, 1.807) is 0 Å². The lowest BCUT2D eigenvalue weighted by molar-refractivity contribution is 0.103. The van der Waals surface area contributed by atoms with Crippen LogP contribution in [0, 0.1) is 6.92 Å². The van der Waals surface area contributed by atoms with Crippen LogP contribution in [0.25, 0.3) is 10.9 Å². The first kappa shape index (κ1) is 17.0. The Kier molecular flexibility index (Phi) is 4.17. The third kappa shape index (κ3) is 2.75. The van der Waals surface area contributed by atoms with Crippen molar-refractivity contribution in [3.05, 3.63) is 70.4 Å². The molecule has 4 nitrogen and oxygen atoms in total. The van der Waals surface area contributed by atoms with E-state index in [9.17, 15) is 4.79 Å². The lowest BCUT2D eigenvalue weighted by Crippen LogP contribution is -2.37. The van der Waals surface area contributed by atoms with E-state index in [-0.39, 0.29) is 11.8 Å². The first-order valence-corrected chi connectivity index (χ1v) is 9.12. The molecule has 2 unspecified atom stereocenters.